The van der Waals surface area contributed by atoms with Crippen LogP contribution in [0.5, 0.6) is 0 Å². The van der Waals surface area contributed by atoms with Crippen molar-refractivity contribution < 1.29 is 23.6 Å². The highest BCUT2D eigenvalue weighted by atomic mass is 16.5. The highest BCUT2D eigenvalue weighted by Crippen LogP contribution is 2.23. The summed E-state index contributed by atoms with van der Waals surface area (Å²) in [5, 5.41) is 6.75. The smallest absolute Gasteiger partial charge is 0.302 e. The number of nitrogens with zero attached hydrogens (tertiary/aromatic N) is 3. The van der Waals surface area contributed by atoms with Gasteiger partial charge < -0.3 is 24.4 Å². The molecule has 1 N–H and O–H groups in total. The molecule has 4 rings (SSSR count). The molecule has 2 atom stereocenters. The van der Waals surface area contributed by atoms with Crippen LogP contribution in [0, 0.1) is 6.92 Å². The van der Waals surface area contributed by atoms with Crippen LogP contribution in [0.1, 0.15) is 49.6 Å². The number of piperidine rings is 1. The summed E-state index contributed by atoms with van der Waals surface area (Å²) in [6.45, 7) is 5.80. The van der Waals surface area contributed by atoms with E-state index in [0.29, 0.717) is 18.0 Å². The average molecular weight is 469 g/mol. The standard InChI is InChI=1S/C25H32N4O5/c1-17-12-21(34-27-17)14-24(31)29-16-22(33-18(2)30)13-23(29)25(32)26-15-19-6-8-20(9-7-19)28-10-4-3-5-11-28/h6-9,12,22-23H,3-5,10-11,13-16H2,1-2H3,(H,26,32)/t22-,23+/m1/s1. The van der Waals surface area contributed by atoms with Crippen molar-refractivity contribution in [1.29, 1.82) is 0 Å². The number of ether oxygens (including phenoxy) is 1. The molecule has 9 heteroatoms. The predicted molar refractivity (Wildman–Crippen MR) is 125 cm³/mol. The normalized spacial score (nSPS) is 20.3. The molecule has 1 aromatic heterocycles. The van der Waals surface area contributed by atoms with Crippen molar-refractivity contribution in [1.82, 2.24) is 15.4 Å². The van der Waals surface area contributed by atoms with E-state index in [4.69, 9.17) is 9.26 Å². The van der Waals surface area contributed by atoms with Gasteiger partial charge in [-0.3, -0.25) is 14.4 Å². The minimum atomic E-state index is -0.714. The topological polar surface area (TPSA) is 105 Å². The van der Waals surface area contributed by atoms with Gasteiger partial charge in [0.15, 0.2) is 0 Å². The van der Waals surface area contributed by atoms with Crippen LogP contribution in [-0.2, 0) is 32.1 Å². The van der Waals surface area contributed by atoms with Crippen molar-refractivity contribution in [2.24, 2.45) is 0 Å². The Kier molecular flexibility index (Phi) is 7.49. The largest absolute Gasteiger partial charge is 0.461 e. The zero-order chi connectivity index (χ0) is 24.1. The van der Waals surface area contributed by atoms with E-state index in [-0.39, 0.29) is 31.2 Å². The first kappa shape index (κ1) is 23.8. The summed E-state index contributed by atoms with van der Waals surface area (Å²) in [4.78, 5) is 41.3. The number of benzene rings is 1. The number of hydrogen-bond acceptors (Lipinski definition) is 7. The molecule has 0 unspecified atom stereocenters. The zero-order valence-electron chi connectivity index (χ0n) is 19.8. The van der Waals surface area contributed by atoms with E-state index < -0.39 is 18.1 Å². The maximum atomic E-state index is 13.0. The van der Waals surface area contributed by atoms with Gasteiger partial charge >= 0.3 is 5.97 Å². The van der Waals surface area contributed by atoms with Crippen LogP contribution in [0.2, 0.25) is 0 Å². The van der Waals surface area contributed by atoms with E-state index >= 15 is 0 Å². The SMILES string of the molecule is CC(=O)O[C@@H]1C[C@@H](C(=O)NCc2ccc(N3CCCCC3)cc2)N(C(=O)Cc2cc(C)no2)C1. The maximum absolute atomic E-state index is 13.0. The highest BCUT2D eigenvalue weighted by molar-refractivity contribution is 5.89. The number of esters is 1. The van der Waals surface area contributed by atoms with Gasteiger partial charge in [-0.15, -0.1) is 0 Å². The minimum Gasteiger partial charge on any atom is -0.461 e. The summed E-state index contributed by atoms with van der Waals surface area (Å²) in [7, 11) is 0. The van der Waals surface area contributed by atoms with Gasteiger partial charge in [0.1, 0.15) is 17.9 Å². The second-order valence-corrected chi connectivity index (χ2v) is 9.07. The summed E-state index contributed by atoms with van der Waals surface area (Å²) in [5.41, 5.74) is 2.87. The lowest BCUT2D eigenvalue weighted by Gasteiger charge is -2.29. The second-order valence-electron chi connectivity index (χ2n) is 9.07. The number of carbonyl (C=O) groups is 3. The van der Waals surface area contributed by atoms with E-state index in [1.165, 1.54) is 36.8 Å². The molecule has 3 heterocycles. The molecule has 34 heavy (non-hydrogen) atoms. The van der Waals surface area contributed by atoms with E-state index in [2.05, 4.69) is 27.5 Å². The molecular weight excluding hydrogens is 436 g/mol. The third-order valence-corrected chi connectivity index (χ3v) is 6.34. The number of likely N-dealkylation sites (tertiary alicyclic amines) is 1. The summed E-state index contributed by atoms with van der Waals surface area (Å²) in [6, 6.07) is 9.21. The molecule has 0 bridgehead atoms. The van der Waals surface area contributed by atoms with Crippen molar-refractivity contribution >= 4 is 23.5 Å². The van der Waals surface area contributed by atoms with Gasteiger partial charge in [-0.25, -0.2) is 0 Å². The molecule has 2 fully saturated rings. The van der Waals surface area contributed by atoms with Gasteiger partial charge in [-0.1, -0.05) is 17.3 Å². The quantitative estimate of drug-likeness (QED) is 0.622. The summed E-state index contributed by atoms with van der Waals surface area (Å²) in [6.07, 6.45) is 3.47. The monoisotopic (exact) mass is 468 g/mol. The molecular formula is C25H32N4O5. The molecule has 0 radical (unpaired) electrons. The van der Waals surface area contributed by atoms with Crippen LogP contribution in [0.15, 0.2) is 34.9 Å². The third kappa shape index (κ3) is 5.95. The van der Waals surface area contributed by atoms with Crippen molar-refractivity contribution in [3.8, 4) is 0 Å². The Morgan fingerprint density at radius 3 is 2.53 bits per heavy atom. The average Bonchev–Trinajstić information content (AvgIpc) is 3.44. The van der Waals surface area contributed by atoms with Crippen LogP contribution in [0.3, 0.4) is 0 Å². The Morgan fingerprint density at radius 2 is 1.88 bits per heavy atom. The van der Waals surface area contributed by atoms with Crippen LogP contribution in [0.4, 0.5) is 5.69 Å². The molecule has 0 aliphatic carbocycles. The number of aromatic nitrogens is 1. The Balaban J connectivity index is 1.37. The number of hydrogen-bond donors (Lipinski definition) is 1. The van der Waals surface area contributed by atoms with Crippen LogP contribution in [0.25, 0.3) is 0 Å². The lowest BCUT2D eigenvalue weighted by molar-refractivity contribution is -0.146. The maximum Gasteiger partial charge on any atom is 0.302 e. The van der Waals surface area contributed by atoms with E-state index in [1.54, 1.807) is 13.0 Å². The summed E-state index contributed by atoms with van der Waals surface area (Å²) < 4.78 is 10.5. The van der Waals surface area contributed by atoms with Crippen molar-refractivity contribution in [3.05, 3.63) is 47.3 Å². The minimum absolute atomic E-state index is 0.00459. The number of aryl methyl sites for hydroxylation is 1. The van der Waals surface area contributed by atoms with E-state index in [1.807, 2.05) is 12.1 Å². The molecule has 1 aromatic carbocycles. The molecule has 9 nitrogen and oxygen atoms in total. The van der Waals surface area contributed by atoms with Gasteiger partial charge in [-0.2, -0.15) is 0 Å². The molecule has 0 saturated carbocycles. The molecule has 2 aromatic rings. The lowest BCUT2D eigenvalue weighted by Crippen LogP contribution is -2.46. The lowest BCUT2D eigenvalue weighted by atomic mass is 10.1. The Morgan fingerprint density at radius 1 is 1.15 bits per heavy atom. The first-order chi connectivity index (χ1) is 16.4. The first-order valence-electron chi connectivity index (χ1n) is 11.9. The van der Waals surface area contributed by atoms with Crippen LogP contribution < -0.4 is 10.2 Å². The summed E-state index contributed by atoms with van der Waals surface area (Å²) >= 11 is 0. The molecule has 2 saturated heterocycles. The second kappa shape index (κ2) is 10.7. The highest BCUT2D eigenvalue weighted by Gasteiger charge is 2.41. The van der Waals surface area contributed by atoms with E-state index in [0.717, 1.165) is 18.7 Å². The van der Waals surface area contributed by atoms with Gasteiger partial charge in [0.25, 0.3) is 0 Å². The fourth-order valence-electron chi connectivity index (χ4n) is 4.68. The van der Waals surface area contributed by atoms with Gasteiger partial charge in [0.2, 0.25) is 11.8 Å². The van der Waals surface area contributed by atoms with Gasteiger partial charge in [-0.05, 0) is 43.9 Å². The predicted octanol–water partition coefficient (Wildman–Crippen LogP) is 2.36. The van der Waals surface area contributed by atoms with Crippen LogP contribution in [-0.4, -0.2) is 59.6 Å². The number of carbonyl (C=O) groups excluding carboxylic acids is 3. The molecule has 2 aliphatic heterocycles. The Bertz CT molecular complexity index is 1010. The van der Waals surface area contributed by atoms with Crippen molar-refractivity contribution in [3.63, 3.8) is 0 Å². The van der Waals surface area contributed by atoms with Gasteiger partial charge in [0.05, 0.1) is 18.7 Å². The molecule has 2 aliphatic rings. The molecule has 2 amide bonds. The van der Waals surface area contributed by atoms with Gasteiger partial charge in [0, 0.05) is 44.7 Å². The summed E-state index contributed by atoms with van der Waals surface area (Å²) in [5.74, 6) is -0.529. The number of nitrogens with one attached hydrogen (secondary N) is 1. The number of anilines is 1. The van der Waals surface area contributed by atoms with Crippen molar-refractivity contribution in [2.75, 3.05) is 24.5 Å². The van der Waals surface area contributed by atoms with E-state index in [9.17, 15) is 14.4 Å². The zero-order valence-corrected chi connectivity index (χ0v) is 19.8. The number of amides is 2. The Labute approximate surface area is 199 Å². The fourth-order valence-corrected chi connectivity index (χ4v) is 4.68. The van der Waals surface area contributed by atoms with Crippen LogP contribution >= 0.6 is 0 Å². The third-order valence-electron chi connectivity index (χ3n) is 6.34. The number of rotatable bonds is 7. The molecule has 0 spiro atoms. The van der Waals surface area contributed by atoms with Crippen molar-refractivity contribution in [2.45, 2.75) is 64.6 Å². The Hall–Kier alpha value is -3.36. The fraction of sp³-hybridized carbons (Fsp3) is 0.520. The molecule has 182 valence electrons. The first-order valence-corrected chi connectivity index (χ1v) is 11.9.